The standard InChI is InChI=1S/C35H63N3O2/c1-9-14-26(5)20-22-30(24-28(7)16-11-3)34(39)37-32-18-13-19-33(36-32)38-35(40)31(25-29(8)17-12-4)23-21-27(6)15-10-2/h13,18-19,26-31H,9-12,14-17,20-25H2,1-8H3,(H2,36,37,38,39,40). The predicted octanol–water partition coefficient (Wildman–Crippen LogP) is 10.3. The summed E-state index contributed by atoms with van der Waals surface area (Å²) in [7, 11) is 0. The number of amides is 2. The van der Waals surface area contributed by atoms with Crippen LogP contribution in [-0.4, -0.2) is 16.8 Å². The molecule has 40 heavy (non-hydrogen) atoms. The summed E-state index contributed by atoms with van der Waals surface area (Å²) < 4.78 is 0. The zero-order valence-corrected chi connectivity index (χ0v) is 27.4. The summed E-state index contributed by atoms with van der Waals surface area (Å²) in [5, 5.41) is 6.18. The number of hydrogen-bond donors (Lipinski definition) is 2. The van der Waals surface area contributed by atoms with E-state index in [1.54, 1.807) is 0 Å². The lowest BCUT2D eigenvalue weighted by Gasteiger charge is -2.23. The molecule has 5 nitrogen and oxygen atoms in total. The van der Waals surface area contributed by atoms with E-state index in [1.165, 1.54) is 25.7 Å². The van der Waals surface area contributed by atoms with E-state index in [9.17, 15) is 9.59 Å². The van der Waals surface area contributed by atoms with Gasteiger partial charge in [-0.3, -0.25) is 9.59 Å². The molecule has 0 saturated carbocycles. The van der Waals surface area contributed by atoms with Crippen molar-refractivity contribution >= 4 is 23.5 Å². The summed E-state index contributed by atoms with van der Waals surface area (Å²) in [5.41, 5.74) is 0. The number of nitrogens with one attached hydrogen (secondary N) is 2. The van der Waals surface area contributed by atoms with Crippen LogP contribution in [0, 0.1) is 35.5 Å². The van der Waals surface area contributed by atoms with Gasteiger partial charge in [-0.05, 0) is 74.3 Å². The maximum absolute atomic E-state index is 13.4. The normalized spacial score (nSPS) is 16.0. The van der Waals surface area contributed by atoms with Crippen molar-refractivity contribution in [2.24, 2.45) is 35.5 Å². The molecule has 0 bridgehead atoms. The maximum Gasteiger partial charge on any atom is 0.228 e. The van der Waals surface area contributed by atoms with Gasteiger partial charge in [0.1, 0.15) is 11.6 Å². The van der Waals surface area contributed by atoms with Gasteiger partial charge in [0.15, 0.2) is 0 Å². The van der Waals surface area contributed by atoms with Crippen molar-refractivity contribution in [2.45, 2.75) is 145 Å². The molecule has 1 rings (SSSR count). The molecule has 5 heteroatoms. The number of carbonyl (C=O) groups excluding carboxylic acids is 2. The second-order valence-corrected chi connectivity index (χ2v) is 13.0. The zero-order chi connectivity index (χ0) is 29.9. The summed E-state index contributed by atoms with van der Waals surface area (Å²) >= 11 is 0. The van der Waals surface area contributed by atoms with E-state index in [0.29, 0.717) is 35.3 Å². The molecule has 1 aromatic heterocycles. The van der Waals surface area contributed by atoms with Gasteiger partial charge in [-0.15, -0.1) is 0 Å². The Kier molecular flexibility index (Phi) is 18.9. The molecule has 1 aromatic rings. The van der Waals surface area contributed by atoms with Gasteiger partial charge >= 0.3 is 0 Å². The summed E-state index contributed by atoms with van der Waals surface area (Å²) in [4.78, 5) is 31.5. The third kappa shape index (κ3) is 15.2. The second kappa shape index (κ2) is 20.9. The van der Waals surface area contributed by atoms with Gasteiger partial charge in [0.05, 0.1) is 0 Å². The molecule has 1 heterocycles. The SMILES string of the molecule is CCCC(C)CCC(CC(C)CCC)C(=O)Nc1cccc(NC(=O)C(CCC(C)CCC)CC(C)CCC)n1. The smallest absolute Gasteiger partial charge is 0.228 e. The van der Waals surface area contributed by atoms with Crippen LogP contribution >= 0.6 is 0 Å². The van der Waals surface area contributed by atoms with Gasteiger partial charge < -0.3 is 10.6 Å². The van der Waals surface area contributed by atoms with E-state index >= 15 is 0 Å². The highest BCUT2D eigenvalue weighted by Gasteiger charge is 2.24. The predicted molar refractivity (Wildman–Crippen MR) is 172 cm³/mol. The van der Waals surface area contributed by atoms with Crippen molar-refractivity contribution in [3.63, 3.8) is 0 Å². The Morgan fingerprint density at radius 3 is 1.27 bits per heavy atom. The topological polar surface area (TPSA) is 71.1 Å². The average molecular weight is 558 g/mol. The number of anilines is 2. The molecule has 230 valence electrons. The molecule has 6 atom stereocenters. The zero-order valence-electron chi connectivity index (χ0n) is 27.4. The first-order chi connectivity index (χ1) is 19.1. The minimum atomic E-state index is -0.0181. The van der Waals surface area contributed by atoms with Crippen LogP contribution < -0.4 is 10.6 Å². The molecule has 2 amide bonds. The van der Waals surface area contributed by atoms with Crippen molar-refractivity contribution in [3.8, 4) is 0 Å². The third-order valence-electron chi connectivity index (χ3n) is 8.51. The molecular weight excluding hydrogens is 494 g/mol. The fourth-order valence-corrected chi connectivity index (χ4v) is 6.18. The summed E-state index contributed by atoms with van der Waals surface area (Å²) in [6.07, 6.45) is 15.1. The minimum absolute atomic E-state index is 0.0181. The summed E-state index contributed by atoms with van der Waals surface area (Å²) in [5.74, 6) is 3.42. The quantitative estimate of drug-likeness (QED) is 0.149. The molecule has 0 spiro atoms. The molecule has 0 saturated heterocycles. The van der Waals surface area contributed by atoms with Crippen LogP contribution in [0.3, 0.4) is 0 Å². The molecular formula is C35H63N3O2. The Labute approximate surface area is 247 Å². The lowest BCUT2D eigenvalue weighted by Crippen LogP contribution is -2.27. The molecule has 0 aliphatic rings. The Hall–Kier alpha value is -1.91. The van der Waals surface area contributed by atoms with Gasteiger partial charge in [0.2, 0.25) is 11.8 Å². The molecule has 6 unspecified atom stereocenters. The third-order valence-corrected chi connectivity index (χ3v) is 8.51. The molecule has 0 aromatic carbocycles. The van der Waals surface area contributed by atoms with E-state index in [2.05, 4.69) is 71.0 Å². The lowest BCUT2D eigenvalue weighted by atomic mass is 9.86. The lowest BCUT2D eigenvalue weighted by molar-refractivity contribution is -0.121. The number of carbonyl (C=O) groups is 2. The van der Waals surface area contributed by atoms with E-state index in [4.69, 9.17) is 0 Å². The first kappa shape index (κ1) is 36.1. The highest BCUT2D eigenvalue weighted by molar-refractivity contribution is 5.93. The number of aromatic nitrogens is 1. The molecule has 0 fully saturated rings. The van der Waals surface area contributed by atoms with Crippen LogP contribution in [0.5, 0.6) is 0 Å². The van der Waals surface area contributed by atoms with Crippen LogP contribution in [0.25, 0.3) is 0 Å². The van der Waals surface area contributed by atoms with Crippen LogP contribution in [0.2, 0.25) is 0 Å². The monoisotopic (exact) mass is 557 g/mol. The number of nitrogens with zero attached hydrogens (tertiary/aromatic N) is 1. The van der Waals surface area contributed by atoms with E-state index in [1.807, 2.05) is 18.2 Å². The fourth-order valence-electron chi connectivity index (χ4n) is 6.18. The first-order valence-corrected chi connectivity index (χ1v) is 16.7. The van der Waals surface area contributed by atoms with Gasteiger partial charge in [0.25, 0.3) is 0 Å². The van der Waals surface area contributed by atoms with Crippen molar-refractivity contribution in [2.75, 3.05) is 10.6 Å². The second-order valence-electron chi connectivity index (χ2n) is 13.0. The van der Waals surface area contributed by atoms with Crippen LogP contribution in [0.1, 0.15) is 145 Å². The van der Waals surface area contributed by atoms with Crippen molar-refractivity contribution in [1.82, 2.24) is 4.98 Å². The van der Waals surface area contributed by atoms with Gasteiger partial charge in [-0.2, -0.15) is 0 Å². The maximum atomic E-state index is 13.4. The number of rotatable bonds is 22. The Bertz CT molecular complexity index is 763. The van der Waals surface area contributed by atoms with Crippen LogP contribution in [-0.2, 0) is 9.59 Å². The Morgan fingerprint density at radius 2 is 0.925 bits per heavy atom. The average Bonchev–Trinajstić information content (AvgIpc) is 2.89. The molecule has 0 radical (unpaired) electrons. The van der Waals surface area contributed by atoms with Crippen LogP contribution in [0.4, 0.5) is 11.6 Å². The van der Waals surface area contributed by atoms with Gasteiger partial charge in [-0.25, -0.2) is 4.98 Å². The Morgan fingerprint density at radius 1 is 0.575 bits per heavy atom. The minimum Gasteiger partial charge on any atom is -0.310 e. The fraction of sp³-hybridized carbons (Fsp3) is 0.800. The molecule has 0 aliphatic heterocycles. The highest BCUT2D eigenvalue weighted by Crippen LogP contribution is 2.27. The van der Waals surface area contributed by atoms with E-state index in [-0.39, 0.29) is 23.7 Å². The first-order valence-electron chi connectivity index (χ1n) is 16.7. The number of hydrogen-bond acceptors (Lipinski definition) is 3. The van der Waals surface area contributed by atoms with Gasteiger partial charge in [0, 0.05) is 11.8 Å². The molecule has 0 aliphatic carbocycles. The number of pyridine rings is 1. The van der Waals surface area contributed by atoms with Crippen molar-refractivity contribution in [3.05, 3.63) is 18.2 Å². The largest absolute Gasteiger partial charge is 0.310 e. The van der Waals surface area contributed by atoms with Crippen LogP contribution in [0.15, 0.2) is 18.2 Å². The summed E-state index contributed by atoms with van der Waals surface area (Å²) in [6, 6.07) is 5.52. The molecule has 2 N–H and O–H groups in total. The van der Waals surface area contributed by atoms with Crippen molar-refractivity contribution in [1.29, 1.82) is 0 Å². The van der Waals surface area contributed by atoms with E-state index in [0.717, 1.165) is 64.2 Å². The Balaban J connectivity index is 2.92. The highest BCUT2D eigenvalue weighted by atomic mass is 16.2. The summed E-state index contributed by atoms with van der Waals surface area (Å²) in [6.45, 7) is 18.0. The van der Waals surface area contributed by atoms with Gasteiger partial charge in [-0.1, -0.05) is 113 Å². The van der Waals surface area contributed by atoms with E-state index < -0.39 is 0 Å². The van der Waals surface area contributed by atoms with Crippen molar-refractivity contribution < 1.29 is 9.59 Å².